The van der Waals surface area contributed by atoms with Crippen LogP contribution in [0.2, 0.25) is 0 Å². The molecule has 2 aromatic rings. The number of ether oxygens (including phenoxy) is 4. The number of carbonyl (C=O) groups is 2. The molecule has 64 heavy (non-hydrogen) atoms. The first kappa shape index (κ1) is 59.1. The Bertz CT molecular complexity index is 1410. The van der Waals surface area contributed by atoms with Crippen molar-refractivity contribution < 1.29 is 59.2 Å². The highest BCUT2D eigenvalue weighted by molar-refractivity contribution is 5.74. The maximum Gasteiger partial charge on any atom is 0.311 e. The highest BCUT2D eigenvalue weighted by atomic mass is 16.5. The van der Waals surface area contributed by atoms with Gasteiger partial charge in [-0.15, -0.1) is 0 Å². The third kappa shape index (κ3) is 24.0. The van der Waals surface area contributed by atoms with Crippen molar-refractivity contribution >= 4 is 11.9 Å². The molecule has 368 valence electrons. The smallest absolute Gasteiger partial charge is 0.311 e. The van der Waals surface area contributed by atoms with Crippen LogP contribution in [0.1, 0.15) is 178 Å². The van der Waals surface area contributed by atoms with Crippen molar-refractivity contribution in [2.45, 2.75) is 196 Å². The Labute approximate surface area is 386 Å². The molecular formula is C52H88O12. The second kappa shape index (κ2) is 30.4. The van der Waals surface area contributed by atoms with Crippen molar-refractivity contribution in [3.8, 4) is 11.5 Å². The molecule has 0 unspecified atom stereocenters. The average molecular weight is 905 g/mol. The van der Waals surface area contributed by atoms with E-state index in [1.165, 1.54) is 0 Å². The van der Waals surface area contributed by atoms with Crippen LogP contribution < -0.4 is 9.47 Å². The first-order valence-corrected chi connectivity index (χ1v) is 23.7. The van der Waals surface area contributed by atoms with Crippen LogP contribution in [0, 0.1) is 38.5 Å². The van der Waals surface area contributed by atoms with Gasteiger partial charge < -0.3 is 49.6 Å². The van der Waals surface area contributed by atoms with E-state index in [0.29, 0.717) is 76.1 Å². The number of hydrogen-bond donors (Lipinski definition) is 6. The van der Waals surface area contributed by atoms with Gasteiger partial charge in [0.15, 0.2) is 0 Å². The second-order valence-corrected chi connectivity index (χ2v) is 19.8. The zero-order valence-electron chi connectivity index (χ0n) is 41.4. The first-order valence-electron chi connectivity index (χ1n) is 23.7. The largest absolute Gasteiger partial charge is 0.426 e. The summed E-state index contributed by atoms with van der Waals surface area (Å²) in [5, 5.41) is 55.9. The molecule has 0 saturated carbocycles. The highest BCUT2D eigenvalue weighted by Crippen LogP contribution is 2.41. The molecule has 0 amide bonds. The topological polar surface area (TPSA) is 192 Å². The van der Waals surface area contributed by atoms with E-state index in [4.69, 9.17) is 18.9 Å². The molecule has 12 heteroatoms. The molecule has 0 fully saturated rings. The van der Waals surface area contributed by atoms with Crippen molar-refractivity contribution in [3.63, 3.8) is 0 Å². The summed E-state index contributed by atoms with van der Waals surface area (Å²) < 4.78 is 23.2. The van der Waals surface area contributed by atoms with Crippen molar-refractivity contribution in [3.05, 3.63) is 57.6 Å². The number of rotatable bonds is 30. The van der Waals surface area contributed by atoms with E-state index in [1.54, 1.807) is 0 Å². The summed E-state index contributed by atoms with van der Waals surface area (Å²) in [5.41, 5.74) is 4.88. The van der Waals surface area contributed by atoms with Crippen LogP contribution in [0.3, 0.4) is 0 Å². The van der Waals surface area contributed by atoms with Crippen molar-refractivity contribution in [2.75, 3.05) is 39.6 Å². The fourth-order valence-corrected chi connectivity index (χ4v) is 8.46. The normalized spacial score (nSPS) is 12.2. The summed E-state index contributed by atoms with van der Waals surface area (Å²) in [6, 6.07) is 7.98. The number of benzene rings is 2. The van der Waals surface area contributed by atoms with Crippen molar-refractivity contribution in [1.29, 1.82) is 0 Å². The number of aliphatic hydroxyl groups is 6. The number of aryl methyl sites for hydroxylation is 4. The molecule has 6 N–H and O–H groups in total. The van der Waals surface area contributed by atoms with E-state index in [-0.39, 0.29) is 86.5 Å². The molecule has 0 aliphatic carbocycles. The van der Waals surface area contributed by atoms with Gasteiger partial charge in [-0.05, 0) is 203 Å². The summed E-state index contributed by atoms with van der Waals surface area (Å²) in [4.78, 5) is 25.5. The van der Waals surface area contributed by atoms with E-state index in [2.05, 4.69) is 0 Å². The molecule has 0 radical (unpaired) electrons. The fourth-order valence-electron chi connectivity index (χ4n) is 8.46. The highest BCUT2D eigenvalue weighted by Gasteiger charge is 2.31. The van der Waals surface area contributed by atoms with Gasteiger partial charge in [0.25, 0.3) is 0 Å². The third-order valence-electron chi connectivity index (χ3n) is 11.7. The summed E-state index contributed by atoms with van der Waals surface area (Å²) in [6.45, 7) is 21.4. The number of esters is 2. The summed E-state index contributed by atoms with van der Waals surface area (Å²) in [7, 11) is 0. The summed E-state index contributed by atoms with van der Waals surface area (Å²) >= 11 is 0. The van der Waals surface area contributed by atoms with E-state index >= 15 is 0 Å². The Kier molecular flexibility index (Phi) is 28.0. The maximum atomic E-state index is 12.7. The minimum atomic E-state index is -0.281. The van der Waals surface area contributed by atoms with E-state index < -0.39 is 0 Å². The lowest BCUT2D eigenvalue weighted by Gasteiger charge is -2.34. The van der Waals surface area contributed by atoms with Gasteiger partial charge in [0.1, 0.15) is 11.5 Å². The van der Waals surface area contributed by atoms with Gasteiger partial charge in [-0.1, -0.05) is 24.3 Å². The van der Waals surface area contributed by atoms with Gasteiger partial charge in [0.2, 0.25) is 0 Å². The van der Waals surface area contributed by atoms with Gasteiger partial charge in [-0.2, -0.15) is 0 Å². The van der Waals surface area contributed by atoms with Crippen LogP contribution in [-0.2, 0) is 32.3 Å². The second-order valence-electron chi connectivity index (χ2n) is 19.8. The molecule has 0 aliphatic heterocycles. The quantitative estimate of drug-likeness (QED) is 0.0322. The zero-order valence-corrected chi connectivity index (χ0v) is 41.4. The molecule has 2 aromatic carbocycles. The number of aliphatic hydroxyl groups excluding tert-OH is 6. The summed E-state index contributed by atoms with van der Waals surface area (Å²) in [6.07, 6.45) is 10.2. The lowest BCUT2D eigenvalue weighted by atomic mass is 9.72. The molecule has 0 atom stereocenters. The first-order chi connectivity index (χ1) is 30.1. The molecule has 0 saturated heterocycles. The number of hydrogen-bond acceptors (Lipinski definition) is 12. The average Bonchev–Trinajstić information content (AvgIpc) is 3.23. The molecule has 0 spiro atoms. The van der Waals surface area contributed by atoms with Crippen molar-refractivity contribution in [2.24, 2.45) is 10.8 Å². The standard InChI is InChI=1S/2C26H44O6/c2*1-20-17-22(19-31-25(3,4)5)18-21(2)24(20)32-23(30)9-13-26(10-6-14-27,11-7-15-28)12-8-16-29/h2*17-18,27-29H,6-16,19H2,1-5H3. The van der Waals surface area contributed by atoms with E-state index in [9.17, 15) is 40.2 Å². The molecule has 0 aliphatic rings. The molecule has 0 aromatic heterocycles. The van der Waals surface area contributed by atoms with Gasteiger partial charge in [0.05, 0.1) is 24.4 Å². The zero-order chi connectivity index (χ0) is 48.4. The lowest BCUT2D eigenvalue weighted by Crippen LogP contribution is -2.25. The Balaban J connectivity index is 0.000000640. The van der Waals surface area contributed by atoms with Gasteiger partial charge in [0, 0.05) is 52.5 Å². The molecule has 2 rings (SSSR count). The van der Waals surface area contributed by atoms with Crippen LogP contribution in [0.25, 0.3) is 0 Å². The van der Waals surface area contributed by atoms with Crippen molar-refractivity contribution in [1.82, 2.24) is 0 Å². The minimum Gasteiger partial charge on any atom is -0.426 e. The Morgan fingerprint density at radius 2 is 0.656 bits per heavy atom. The Morgan fingerprint density at radius 1 is 0.422 bits per heavy atom. The van der Waals surface area contributed by atoms with Crippen LogP contribution in [0.5, 0.6) is 11.5 Å². The Morgan fingerprint density at radius 3 is 0.859 bits per heavy atom. The number of carbonyl (C=O) groups excluding carboxylic acids is 2. The SMILES string of the molecule is Cc1cc(COC(C)(C)C)cc(C)c1OC(=O)CCC(CCCO)(CCCO)CCCO.Cc1cc(COC(C)(C)C)cc(C)c1OC(=O)CCC(CCCO)(CCCO)CCCO. The molecule has 12 nitrogen and oxygen atoms in total. The lowest BCUT2D eigenvalue weighted by molar-refractivity contribution is -0.136. The maximum absolute atomic E-state index is 12.7. The monoisotopic (exact) mass is 905 g/mol. The predicted molar refractivity (Wildman–Crippen MR) is 253 cm³/mol. The Hall–Kier alpha value is -2.94. The van der Waals surface area contributed by atoms with Gasteiger partial charge in [-0.3, -0.25) is 9.59 Å². The summed E-state index contributed by atoms with van der Waals surface area (Å²) in [5.74, 6) is 0.634. The van der Waals surface area contributed by atoms with Crippen LogP contribution >= 0.6 is 0 Å². The third-order valence-corrected chi connectivity index (χ3v) is 11.7. The minimum absolute atomic E-state index is 0.0914. The van der Waals surface area contributed by atoms with E-state index in [0.717, 1.165) is 71.9 Å². The van der Waals surface area contributed by atoms with Crippen LogP contribution in [0.15, 0.2) is 24.3 Å². The van der Waals surface area contributed by atoms with Gasteiger partial charge >= 0.3 is 11.9 Å². The van der Waals surface area contributed by atoms with Crippen LogP contribution in [-0.4, -0.2) is 93.4 Å². The predicted octanol–water partition coefficient (Wildman–Crippen LogP) is 9.22. The molecule has 0 bridgehead atoms. The van der Waals surface area contributed by atoms with Gasteiger partial charge in [-0.25, -0.2) is 0 Å². The fraction of sp³-hybridized carbons (Fsp3) is 0.731. The molecule has 0 heterocycles. The van der Waals surface area contributed by atoms with E-state index in [1.807, 2.05) is 93.5 Å². The van der Waals surface area contributed by atoms with Crippen LogP contribution in [0.4, 0.5) is 0 Å². The molecular weight excluding hydrogens is 817 g/mol.